The minimum Gasteiger partial charge on any atom is -0.331 e. The molecule has 0 saturated carbocycles. The molecule has 0 aliphatic heterocycles. The summed E-state index contributed by atoms with van der Waals surface area (Å²) in [4.78, 5) is 10.0. The van der Waals surface area contributed by atoms with Crippen LogP contribution >= 0.6 is 11.3 Å². The summed E-state index contributed by atoms with van der Waals surface area (Å²) >= 11 is 1.65. The van der Waals surface area contributed by atoms with Crippen LogP contribution in [0.1, 0.15) is 25.2 Å². The van der Waals surface area contributed by atoms with Crippen molar-refractivity contribution < 1.29 is 0 Å². The summed E-state index contributed by atoms with van der Waals surface area (Å²) in [6.07, 6.45) is 8.04. The molecule has 5 nitrogen and oxygen atoms in total. The van der Waals surface area contributed by atoms with Crippen LogP contribution < -0.4 is 5.32 Å². The van der Waals surface area contributed by atoms with Crippen molar-refractivity contribution in [3.63, 3.8) is 0 Å². The molecule has 3 aromatic heterocycles. The largest absolute Gasteiger partial charge is 0.331 e. The van der Waals surface area contributed by atoms with Gasteiger partial charge in [0.25, 0.3) is 0 Å². The van der Waals surface area contributed by atoms with Crippen molar-refractivity contribution >= 4 is 16.3 Å². The van der Waals surface area contributed by atoms with Gasteiger partial charge >= 0.3 is 0 Å². The van der Waals surface area contributed by atoms with Crippen molar-refractivity contribution in [1.29, 1.82) is 0 Å². The van der Waals surface area contributed by atoms with Gasteiger partial charge in [0.2, 0.25) is 0 Å². The highest BCUT2D eigenvalue weighted by Crippen LogP contribution is 2.12. The van der Waals surface area contributed by atoms with Crippen molar-refractivity contribution in [1.82, 2.24) is 24.3 Å². The summed E-state index contributed by atoms with van der Waals surface area (Å²) < 4.78 is 4.13. The van der Waals surface area contributed by atoms with Crippen LogP contribution in [-0.4, -0.2) is 25.0 Å². The van der Waals surface area contributed by atoms with Crippen LogP contribution in [0.3, 0.4) is 0 Å². The predicted octanol–water partition coefficient (Wildman–Crippen LogP) is 2.14. The average Bonchev–Trinajstić information content (AvgIpc) is 3.02. The van der Waals surface area contributed by atoms with E-state index in [4.69, 9.17) is 0 Å². The lowest BCUT2D eigenvalue weighted by molar-refractivity contribution is 0.582. The van der Waals surface area contributed by atoms with Gasteiger partial charge in [0, 0.05) is 36.6 Å². The summed E-state index contributed by atoms with van der Waals surface area (Å²) in [5.74, 6) is 0. The topological polar surface area (TPSA) is 47.2 Å². The van der Waals surface area contributed by atoms with Gasteiger partial charge in [0.1, 0.15) is 0 Å². The Labute approximate surface area is 115 Å². The summed E-state index contributed by atoms with van der Waals surface area (Å²) in [6.45, 7) is 5.84. The van der Waals surface area contributed by atoms with E-state index in [9.17, 15) is 0 Å². The Kier molecular flexibility index (Phi) is 3.35. The third-order valence-electron chi connectivity index (χ3n) is 2.87. The zero-order valence-corrected chi connectivity index (χ0v) is 11.9. The molecule has 0 aliphatic carbocycles. The van der Waals surface area contributed by atoms with Gasteiger partial charge in [-0.3, -0.25) is 4.40 Å². The zero-order chi connectivity index (χ0) is 13.2. The molecule has 3 rings (SSSR count). The normalized spacial score (nSPS) is 11.7. The summed E-state index contributed by atoms with van der Waals surface area (Å²) in [5.41, 5.74) is 2.13. The van der Waals surface area contributed by atoms with Crippen molar-refractivity contribution in [2.45, 2.75) is 33.0 Å². The summed E-state index contributed by atoms with van der Waals surface area (Å²) in [7, 11) is 0. The van der Waals surface area contributed by atoms with Crippen molar-refractivity contribution in [2.24, 2.45) is 0 Å². The number of aromatic nitrogens is 4. The highest BCUT2D eigenvalue weighted by atomic mass is 32.1. The number of hydrogen-bond acceptors (Lipinski definition) is 4. The summed E-state index contributed by atoms with van der Waals surface area (Å²) in [5, 5.41) is 5.40. The molecule has 0 amide bonds. The average molecular weight is 275 g/mol. The molecular formula is C13H17N5S. The van der Waals surface area contributed by atoms with Gasteiger partial charge in [-0.2, -0.15) is 0 Å². The molecule has 3 heterocycles. The molecule has 0 aliphatic rings. The Hall–Kier alpha value is -1.66. The lowest BCUT2D eigenvalue weighted by Crippen LogP contribution is -2.21. The van der Waals surface area contributed by atoms with Gasteiger partial charge in [-0.15, -0.1) is 11.3 Å². The molecule has 0 aromatic carbocycles. The Morgan fingerprint density at radius 2 is 2.21 bits per heavy atom. The first-order chi connectivity index (χ1) is 9.20. The lowest BCUT2D eigenvalue weighted by atomic mass is 10.3. The molecule has 19 heavy (non-hydrogen) atoms. The number of fused-ring (bicyclic) bond motifs is 1. The first-order valence-corrected chi connectivity index (χ1v) is 7.24. The van der Waals surface area contributed by atoms with E-state index < -0.39 is 0 Å². The number of rotatable bonds is 5. The van der Waals surface area contributed by atoms with Crippen LogP contribution in [0.2, 0.25) is 0 Å². The fourth-order valence-corrected chi connectivity index (χ4v) is 2.65. The second-order valence-corrected chi connectivity index (χ2v) is 5.77. The lowest BCUT2D eigenvalue weighted by Gasteiger charge is -2.04. The van der Waals surface area contributed by atoms with Gasteiger partial charge in [-0.25, -0.2) is 9.97 Å². The maximum absolute atomic E-state index is 4.57. The van der Waals surface area contributed by atoms with E-state index in [0.717, 1.165) is 29.4 Å². The first kappa shape index (κ1) is 12.4. The number of hydrogen-bond donors (Lipinski definition) is 1. The molecule has 3 aromatic rings. The van der Waals surface area contributed by atoms with Crippen LogP contribution in [0.5, 0.6) is 0 Å². The quantitative estimate of drug-likeness (QED) is 0.776. The molecule has 0 fully saturated rings. The Bertz CT molecular complexity index is 635. The Balaban J connectivity index is 1.68. The highest BCUT2D eigenvalue weighted by Gasteiger charge is 2.05. The minimum absolute atomic E-state index is 0.477. The zero-order valence-electron chi connectivity index (χ0n) is 11.1. The fraction of sp³-hybridized carbons (Fsp3) is 0.385. The maximum atomic E-state index is 4.57. The number of nitrogens with zero attached hydrogens (tertiary/aromatic N) is 4. The number of thiazole rings is 1. The van der Waals surface area contributed by atoms with Gasteiger partial charge < -0.3 is 9.88 Å². The van der Waals surface area contributed by atoms with E-state index in [0.29, 0.717) is 6.04 Å². The van der Waals surface area contributed by atoms with Crippen LogP contribution in [0.25, 0.3) is 4.96 Å². The van der Waals surface area contributed by atoms with Crippen LogP contribution in [0.4, 0.5) is 0 Å². The molecule has 0 radical (unpaired) electrons. The van der Waals surface area contributed by atoms with Gasteiger partial charge in [-0.1, -0.05) is 13.8 Å². The van der Waals surface area contributed by atoms with Gasteiger partial charge in [-0.05, 0) is 0 Å². The molecule has 1 N–H and O–H groups in total. The second-order valence-electron chi connectivity index (χ2n) is 4.90. The fourth-order valence-electron chi connectivity index (χ4n) is 1.93. The van der Waals surface area contributed by atoms with E-state index in [2.05, 4.69) is 50.5 Å². The minimum atomic E-state index is 0.477. The van der Waals surface area contributed by atoms with Crippen molar-refractivity contribution in [3.05, 3.63) is 41.7 Å². The predicted molar refractivity (Wildman–Crippen MR) is 76.4 cm³/mol. The van der Waals surface area contributed by atoms with E-state index in [1.807, 2.05) is 17.9 Å². The standard InChI is InChI=1S/C13H17N5S/c1-10(2)14-5-11-6-17(9-15-11)7-12-8-18-3-4-19-13(18)16-12/h3-4,6,8-10,14H,5,7H2,1-2H3. The smallest absolute Gasteiger partial charge is 0.193 e. The molecular weight excluding hydrogens is 258 g/mol. The van der Waals surface area contributed by atoms with E-state index in [1.54, 1.807) is 11.3 Å². The van der Waals surface area contributed by atoms with Gasteiger partial charge in [0.05, 0.1) is 24.3 Å². The monoisotopic (exact) mass is 275 g/mol. The van der Waals surface area contributed by atoms with Crippen LogP contribution in [0.15, 0.2) is 30.3 Å². The molecule has 0 atom stereocenters. The molecule has 0 saturated heterocycles. The van der Waals surface area contributed by atoms with Crippen molar-refractivity contribution in [2.75, 3.05) is 0 Å². The van der Waals surface area contributed by atoms with E-state index in [1.165, 1.54) is 0 Å². The second kappa shape index (κ2) is 5.14. The van der Waals surface area contributed by atoms with Crippen LogP contribution in [0, 0.1) is 0 Å². The summed E-state index contributed by atoms with van der Waals surface area (Å²) in [6, 6.07) is 0.477. The molecule has 0 spiro atoms. The van der Waals surface area contributed by atoms with Crippen LogP contribution in [-0.2, 0) is 13.1 Å². The molecule has 100 valence electrons. The molecule has 0 unspecified atom stereocenters. The van der Waals surface area contributed by atoms with Gasteiger partial charge in [0.15, 0.2) is 4.96 Å². The Morgan fingerprint density at radius 3 is 3.00 bits per heavy atom. The maximum Gasteiger partial charge on any atom is 0.193 e. The first-order valence-electron chi connectivity index (χ1n) is 6.36. The third-order valence-corrected chi connectivity index (χ3v) is 3.64. The SMILES string of the molecule is CC(C)NCc1cn(Cc2cn3ccsc3n2)cn1. The van der Waals surface area contributed by atoms with E-state index >= 15 is 0 Å². The molecule has 0 bridgehead atoms. The molecule has 6 heteroatoms. The third kappa shape index (κ3) is 2.85. The Morgan fingerprint density at radius 1 is 1.32 bits per heavy atom. The highest BCUT2D eigenvalue weighted by molar-refractivity contribution is 7.15. The number of imidazole rings is 2. The van der Waals surface area contributed by atoms with Crippen molar-refractivity contribution in [3.8, 4) is 0 Å². The van der Waals surface area contributed by atoms with E-state index in [-0.39, 0.29) is 0 Å². The number of nitrogens with one attached hydrogen (secondary N) is 1.